The molecule has 224 valence electrons. The van der Waals surface area contributed by atoms with Gasteiger partial charge in [0, 0.05) is 30.8 Å². The molecule has 1 N–H and O–H groups in total. The van der Waals surface area contributed by atoms with E-state index in [1.54, 1.807) is 0 Å². The van der Waals surface area contributed by atoms with Gasteiger partial charge in [-0.05, 0) is 124 Å². The molecule has 0 saturated heterocycles. The molecule has 1 aromatic rings. The van der Waals surface area contributed by atoms with E-state index in [-0.39, 0.29) is 5.60 Å². The third kappa shape index (κ3) is 9.52. The number of ether oxygens (including phenoxy) is 2. The molecule has 2 heterocycles. The Morgan fingerprint density at radius 1 is 0.850 bits per heavy atom. The lowest BCUT2D eigenvalue weighted by molar-refractivity contribution is 0.0521. The molecule has 2 aliphatic rings. The Morgan fingerprint density at radius 3 is 2.20 bits per heavy atom. The fourth-order valence-electron chi connectivity index (χ4n) is 6.03. The molecule has 0 spiro atoms. The number of rotatable bonds is 15. The van der Waals surface area contributed by atoms with Gasteiger partial charge in [-0.25, -0.2) is 0 Å². The Labute approximate surface area is 245 Å². The zero-order valence-corrected chi connectivity index (χ0v) is 26.8. The van der Waals surface area contributed by atoms with Gasteiger partial charge in [-0.3, -0.25) is 4.90 Å². The summed E-state index contributed by atoms with van der Waals surface area (Å²) in [6, 6.07) is 0. The van der Waals surface area contributed by atoms with Crippen LogP contribution in [0.25, 0.3) is 0 Å². The monoisotopic (exact) mass is 551 g/mol. The van der Waals surface area contributed by atoms with Crippen LogP contribution in [-0.4, -0.2) is 35.5 Å². The van der Waals surface area contributed by atoms with Crippen molar-refractivity contribution in [2.24, 2.45) is 0 Å². The molecule has 0 aromatic heterocycles. The molecule has 4 nitrogen and oxygen atoms in total. The largest absolute Gasteiger partial charge is 0.487 e. The third-order valence-corrected chi connectivity index (χ3v) is 8.85. The van der Waals surface area contributed by atoms with Gasteiger partial charge in [0.05, 0.1) is 0 Å². The van der Waals surface area contributed by atoms with E-state index in [0.717, 1.165) is 95.2 Å². The highest BCUT2D eigenvalue weighted by Crippen LogP contribution is 2.46. The second kappa shape index (κ2) is 15.8. The Morgan fingerprint density at radius 2 is 1.50 bits per heavy atom. The van der Waals surface area contributed by atoms with E-state index >= 15 is 0 Å². The van der Waals surface area contributed by atoms with Gasteiger partial charge in [0.1, 0.15) is 23.8 Å². The van der Waals surface area contributed by atoms with Crippen molar-refractivity contribution in [2.45, 2.75) is 138 Å². The summed E-state index contributed by atoms with van der Waals surface area (Å²) in [5.41, 5.74) is 9.48. The van der Waals surface area contributed by atoms with Gasteiger partial charge >= 0.3 is 0 Å². The summed E-state index contributed by atoms with van der Waals surface area (Å²) in [5, 5.41) is 9.03. The number of aliphatic hydroxyl groups excluding tert-OH is 1. The van der Waals surface area contributed by atoms with Gasteiger partial charge in [-0.1, -0.05) is 47.8 Å². The van der Waals surface area contributed by atoms with E-state index in [4.69, 9.17) is 14.6 Å². The summed E-state index contributed by atoms with van der Waals surface area (Å²) in [6.07, 6.45) is 20.3. The molecule has 0 saturated carbocycles. The minimum atomic E-state index is -0.126. The molecule has 4 heteroatoms. The lowest BCUT2D eigenvalue weighted by atomic mass is 9.84. The van der Waals surface area contributed by atoms with Crippen molar-refractivity contribution in [1.82, 2.24) is 4.90 Å². The maximum Gasteiger partial charge on any atom is 0.142 e. The molecule has 2 aliphatic heterocycles. The first-order chi connectivity index (χ1) is 19.1. The molecule has 0 amide bonds. The number of nitrogens with zero attached hydrogens (tertiary/aromatic N) is 1. The fraction of sp³-hybridized carbons (Fsp3) is 0.667. The lowest BCUT2D eigenvalue weighted by Gasteiger charge is -2.40. The van der Waals surface area contributed by atoms with Gasteiger partial charge in [-0.15, -0.1) is 0 Å². The molecule has 0 unspecified atom stereocenters. The average molecular weight is 552 g/mol. The SMILES string of the molecule is CC(C)=CCC/C(C)=C/CC/C(C)=C/CC[C@]1(C)CCc2c3c(c(C)c(C)c2O1)OCN(CCCCCCO)C3. The first-order valence-electron chi connectivity index (χ1n) is 15.9. The summed E-state index contributed by atoms with van der Waals surface area (Å²) in [6.45, 7) is 18.6. The van der Waals surface area contributed by atoms with Crippen LogP contribution in [0.15, 0.2) is 34.9 Å². The predicted octanol–water partition coefficient (Wildman–Crippen LogP) is 9.29. The van der Waals surface area contributed by atoms with Crippen LogP contribution in [0.2, 0.25) is 0 Å². The summed E-state index contributed by atoms with van der Waals surface area (Å²) in [4.78, 5) is 2.43. The van der Waals surface area contributed by atoms with Crippen LogP contribution in [0.1, 0.15) is 128 Å². The molecule has 0 fully saturated rings. The van der Waals surface area contributed by atoms with Crippen molar-refractivity contribution in [3.63, 3.8) is 0 Å². The smallest absolute Gasteiger partial charge is 0.142 e. The quantitative estimate of drug-likeness (QED) is 0.174. The summed E-state index contributed by atoms with van der Waals surface area (Å²) >= 11 is 0. The van der Waals surface area contributed by atoms with Crippen LogP contribution in [0.4, 0.5) is 0 Å². The van der Waals surface area contributed by atoms with Crippen molar-refractivity contribution in [3.05, 3.63) is 57.2 Å². The molecule has 1 atom stereocenters. The number of hydrogen-bond donors (Lipinski definition) is 1. The first-order valence-corrected chi connectivity index (χ1v) is 15.9. The maximum atomic E-state index is 9.03. The maximum absolute atomic E-state index is 9.03. The van der Waals surface area contributed by atoms with Gasteiger partial charge < -0.3 is 14.6 Å². The average Bonchev–Trinajstić information content (AvgIpc) is 2.91. The van der Waals surface area contributed by atoms with Crippen molar-refractivity contribution >= 4 is 0 Å². The standard InChI is InChI=1S/C36H57NO3/c1-27(2)15-12-16-28(3)17-13-18-29(4)19-14-21-36(7)22-20-32-33-25-37(23-10-8-9-11-24-38)26-39-34(33)30(5)31(6)35(32)40-36/h15,17,19,38H,8-14,16,18,20-26H2,1-7H3/b28-17+,29-19+/t36-/m1/s1. The summed E-state index contributed by atoms with van der Waals surface area (Å²) in [7, 11) is 0. The number of benzene rings is 1. The van der Waals surface area contributed by atoms with Gasteiger partial charge in [-0.2, -0.15) is 0 Å². The third-order valence-electron chi connectivity index (χ3n) is 8.85. The molecule has 40 heavy (non-hydrogen) atoms. The molecule has 3 rings (SSSR count). The molecule has 0 radical (unpaired) electrons. The Kier molecular flexibility index (Phi) is 12.8. The molecule has 0 bridgehead atoms. The number of aliphatic hydroxyl groups is 1. The number of allylic oxidation sites excluding steroid dienone is 6. The van der Waals surface area contributed by atoms with Crippen molar-refractivity contribution in [3.8, 4) is 11.5 Å². The predicted molar refractivity (Wildman–Crippen MR) is 169 cm³/mol. The highest BCUT2D eigenvalue weighted by molar-refractivity contribution is 5.60. The van der Waals surface area contributed by atoms with Crippen LogP contribution in [0, 0.1) is 13.8 Å². The number of fused-ring (bicyclic) bond motifs is 3. The van der Waals surface area contributed by atoms with Crippen LogP contribution in [-0.2, 0) is 13.0 Å². The Bertz CT molecular complexity index is 1060. The number of hydrogen-bond acceptors (Lipinski definition) is 4. The van der Waals surface area contributed by atoms with E-state index < -0.39 is 0 Å². The van der Waals surface area contributed by atoms with E-state index in [0.29, 0.717) is 13.3 Å². The van der Waals surface area contributed by atoms with Gasteiger partial charge in [0.15, 0.2) is 0 Å². The normalized spacial score (nSPS) is 19.5. The number of unbranched alkanes of at least 4 members (excludes halogenated alkanes) is 3. The van der Waals surface area contributed by atoms with E-state index in [2.05, 4.69) is 71.6 Å². The highest BCUT2D eigenvalue weighted by atomic mass is 16.5. The zero-order valence-electron chi connectivity index (χ0n) is 26.8. The van der Waals surface area contributed by atoms with E-state index in [1.165, 1.54) is 45.4 Å². The lowest BCUT2D eigenvalue weighted by Crippen LogP contribution is -2.39. The minimum absolute atomic E-state index is 0.126. The molecular formula is C36H57NO3. The molecule has 1 aromatic carbocycles. The second-order valence-electron chi connectivity index (χ2n) is 12.9. The van der Waals surface area contributed by atoms with Crippen molar-refractivity contribution < 1.29 is 14.6 Å². The van der Waals surface area contributed by atoms with Crippen molar-refractivity contribution in [1.29, 1.82) is 0 Å². The topological polar surface area (TPSA) is 41.9 Å². The molecule has 0 aliphatic carbocycles. The minimum Gasteiger partial charge on any atom is -0.487 e. The van der Waals surface area contributed by atoms with Gasteiger partial charge in [0.25, 0.3) is 0 Å². The molecular weight excluding hydrogens is 494 g/mol. The van der Waals surface area contributed by atoms with Gasteiger partial charge in [0.2, 0.25) is 0 Å². The highest BCUT2D eigenvalue weighted by Gasteiger charge is 2.36. The van der Waals surface area contributed by atoms with Crippen molar-refractivity contribution in [2.75, 3.05) is 19.9 Å². The first kappa shape index (κ1) is 32.5. The van der Waals surface area contributed by atoms with Crippen LogP contribution in [0.5, 0.6) is 11.5 Å². The second-order valence-corrected chi connectivity index (χ2v) is 12.9. The van der Waals surface area contributed by atoms with Crippen LogP contribution < -0.4 is 9.47 Å². The summed E-state index contributed by atoms with van der Waals surface area (Å²) in [5.74, 6) is 2.22. The Hall–Kier alpha value is -2.04. The van der Waals surface area contributed by atoms with Crippen LogP contribution >= 0.6 is 0 Å². The van der Waals surface area contributed by atoms with E-state index in [1.807, 2.05) is 0 Å². The summed E-state index contributed by atoms with van der Waals surface area (Å²) < 4.78 is 13.2. The fourth-order valence-corrected chi connectivity index (χ4v) is 6.03. The zero-order chi connectivity index (χ0) is 29.1. The van der Waals surface area contributed by atoms with E-state index in [9.17, 15) is 0 Å². The Balaban J connectivity index is 1.56. The van der Waals surface area contributed by atoms with Crippen LogP contribution in [0.3, 0.4) is 0 Å².